The zero-order chi connectivity index (χ0) is 23.3. The molecule has 33 heavy (non-hydrogen) atoms. The predicted octanol–water partition coefficient (Wildman–Crippen LogP) is 4.04. The van der Waals surface area contributed by atoms with E-state index in [9.17, 15) is 4.79 Å². The van der Waals surface area contributed by atoms with Crippen molar-refractivity contribution in [2.75, 3.05) is 18.6 Å². The monoisotopic (exact) mass is 482 g/mol. The minimum atomic E-state index is -1.12. The second-order valence-corrected chi connectivity index (χ2v) is 16.9. The third-order valence-electron chi connectivity index (χ3n) is 6.32. The average Bonchev–Trinajstić information content (AvgIpc) is 3.41. The number of aryl methyl sites for hydroxylation is 1. The molecule has 0 radical (unpaired) electrons. The highest BCUT2D eigenvalue weighted by Crippen LogP contribution is 2.44. The third-order valence-corrected chi connectivity index (χ3v) is 9.08. The minimum absolute atomic E-state index is 0.00642. The van der Waals surface area contributed by atoms with Crippen molar-refractivity contribution in [3.63, 3.8) is 0 Å². The fourth-order valence-electron chi connectivity index (χ4n) is 4.46. The van der Waals surface area contributed by atoms with Gasteiger partial charge < -0.3 is 9.64 Å². The number of likely N-dealkylation sites (N-methyl/N-ethyl adjacent to an activating group) is 1. The van der Waals surface area contributed by atoms with Crippen LogP contribution in [0.1, 0.15) is 21.4 Å². The van der Waals surface area contributed by atoms with E-state index >= 15 is 0 Å². The molecule has 5 rings (SSSR count). The maximum Gasteiger partial charge on any atom is 0.266 e. The number of nitrogens with zero attached hydrogens (tertiary/aromatic N) is 6. The van der Waals surface area contributed by atoms with Gasteiger partial charge in [0.2, 0.25) is 0 Å². The lowest BCUT2D eigenvalue weighted by Crippen LogP contribution is -2.48. The van der Waals surface area contributed by atoms with Crippen LogP contribution in [0.2, 0.25) is 25.7 Å². The highest BCUT2D eigenvalue weighted by atomic mass is 32.1. The number of carbonyl (C=O) groups excluding carboxylic acids is 1. The summed E-state index contributed by atoms with van der Waals surface area (Å²) in [6.07, 6.45) is 3.77. The molecule has 174 valence electrons. The van der Waals surface area contributed by atoms with E-state index in [1.54, 1.807) is 16.3 Å². The average molecular weight is 483 g/mol. The highest BCUT2D eigenvalue weighted by Gasteiger charge is 2.47. The van der Waals surface area contributed by atoms with Gasteiger partial charge in [-0.1, -0.05) is 31.8 Å². The van der Waals surface area contributed by atoms with E-state index in [4.69, 9.17) is 4.74 Å². The lowest BCUT2D eigenvalue weighted by atomic mass is 10.00. The Morgan fingerprint density at radius 3 is 2.85 bits per heavy atom. The molecule has 0 spiro atoms. The van der Waals surface area contributed by atoms with Gasteiger partial charge in [0, 0.05) is 33.3 Å². The maximum atomic E-state index is 13.4. The summed E-state index contributed by atoms with van der Waals surface area (Å²) in [4.78, 5) is 21.1. The van der Waals surface area contributed by atoms with Gasteiger partial charge in [0.1, 0.15) is 18.6 Å². The Hall–Kier alpha value is -2.56. The van der Waals surface area contributed by atoms with Crippen molar-refractivity contribution in [3.8, 4) is 0 Å². The van der Waals surface area contributed by atoms with Crippen molar-refractivity contribution in [3.05, 3.63) is 39.8 Å². The first kappa shape index (κ1) is 22.2. The molecule has 2 atom stereocenters. The molecule has 4 heterocycles. The standard InChI is InChI=1S/C23H30N6O2SSi/c1-15-26-22-21(32-15)18-12-24-28(23(30)20(18)27(22)2)13-16-7-6-8-19-17(16)11-25-29(19)14-31-9-10-33(3,4)5/h6-8,11-12,18,20H,9-10,13-14H2,1-5H3. The Morgan fingerprint density at radius 2 is 2.06 bits per heavy atom. The molecule has 2 aliphatic rings. The van der Waals surface area contributed by atoms with Gasteiger partial charge in [-0.25, -0.2) is 14.7 Å². The number of amides is 1. The predicted molar refractivity (Wildman–Crippen MR) is 135 cm³/mol. The number of anilines is 1. The van der Waals surface area contributed by atoms with Crippen LogP contribution in [0.4, 0.5) is 5.82 Å². The highest BCUT2D eigenvalue weighted by molar-refractivity contribution is 7.12. The molecule has 0 saturated carbocycles. The number of carbonyl (C=O) groups is 1. The molecule has 2 aromatic heterocycles. The molecule has 2 unspecified atom stereocenters. The number of hydrogen-bond acceptors (Lipinski definition) is 7. The molecule has 10 heteroatoms. The van der Waals surface area contributed by atoms with Crippen molar-refractivity contribution >= 4 is 48.3 Å². The van der Waals surface area contributed by atoms with Crippen LogP contribution in [-0.4, -0.2) is 59.7 Å². The van der Waals surface area contributed by atoms with Gasteiger partial charge in [-0.15, -0.1) is 11.3 Å². The Morgan fingerprint density at radius 1 is 1.24 bits per heavy atom. The number of benzene rings is 1. The molecule has 2 aliphatic heterocycles. The van der Waals surface area contributed by atoms with Gasteiger partial charge in [0.15, 0.2) is 0 Å². The van der Waals surface area contributed by atoms with Crippen LogP contribution in [0.15, 0.2) is 29.5 Å². The normalized spacial score (nSPS) is 20.1. The van der Waals surface area contributed by atoms with Crippen molar-refractivity contribution in [1.29, 1.82) is 0 Å². The lowest BCUT2D eigenvalue weighted by Gasteiger charge is -2.31. The zero-order valence-electron chi connectivity index (χ0n) is 19.8. The molecule has 0 saturated heterocycles. The van der Waals surface area contributed by atoms with Crippen LogP contribution in [0, 0.1) is 6.92 Å². The Balaban J connectivity index is 1.32. The van der Waals surface area contributed by atoms with E-state index in [0.717, 1.165) is 44.8 Å². The summed E-state index contributed by atoms with van der Waals surface area (Å²) in [5.41, 5.74) is 2.03. The van der Waals surface area contributed by atoms with Crippen molar-refractivity contribution in [1.82, 2.24) is 19.8 Å². The quantitative estimate of drug-likeness (QED) is 0.375. The van der Waals surface area contributed by atoms with Gasteiger partial charge >= 0.3 is 0 Å². The molecular formula is C23H30N6O2SSi. The fourth-order valence-corrected chi connectivity index (χ4v) is 6.28. The topological polar surface area (TPSA) is 75.9 Å². The van der Waals surface area contributed by atoms with E-state index in [1.807, 2.05) is 54.2 Å². The van der Waals surface area contributed by atoms with Gasteiger partial charge in [-0.05, 0) is 24.6 Å². The van der Waals surface area contributed by atoms with E-state index in [0.29, 0.717) is 13.3 Å². The number of aromatic nitrogens is 3. The molecule has 8 nitrogen and oxygen atoms in total. The van der Waals surface area contributed by atoms with E-state index in [1.165, 1.54) is 0 Å². The molecule has 0 aliphatic carbocycles. The first-order valence-corrected chi connectivity index (χ1v) is 15.8. The van der Waals surface area contributed by atoms with Crippen molar-refractivity contribution < 1.29 is 9.53 Å². The van der Waals surface area contributed by atoms with Crippen LogP contribution >= 0.6 is 11.3 Å². The molecule has 0 N–H and O–H groups in total. The molecule has 0 bridgehead atoms. The number of hydrogen-bond donors (Lipinski definition) is 0. The number of fused-ring (bicyclic) bond motifs is 4. The minimum Gasteiger partial charge on any atom is -0.360 e. The van der Waals surface area contributed by atoms with Crippen LogP contribution in [0.25, 0.3) is 10.9 Å². The smallest absolute Gasteiger partial charge is 0.266 e. The van der Waals surface area contributed by atoms with E-state index < -0.39 is 8.07 Å². The Bertz CT molecular complexity index is 1230. The molecule has 1 aromatic carbocycles. The summed E-state index contributed by atoms with van der Waals surface area (Å²) >= 11 is 1.65. The first-order chi connectivity index (χ1) is 15.7. The fraction of sp³-hybridized carbons (Fsp3) is 0.478. The number of ether oxygens (including phenoxy) is 1. The second-order valence-electron chi connectivity index (χ2n) is 10.0. The van der Waals surface area contributed by atoms with Gasteiger partial charge in [0.05, 0.1) is 34.1 Å². The largest absolute Gasteiger partial charge is 0.360 e. The summed E-state index contributed by atoms with van der Waals surface area (Å²) in [6.45, 7) is 10.6. The summed E-state index contributed by atoms with van der Waals surface area (Å²) in [7, 11) is 0.830. The molecule has 0 fully saturated rings. The van der Waals surface area contributed by atoms with Gasteiger partial charge in [0.25, 0.3) is 5.91 Å². The number of thiazole rings is 1. The molecular weight excluding hydrogens is 452 g/mol. The summed E-state index contributed by atoms with van der Waals surface area (Å²) in [5.74, 6) is 0.894. The SMILES string of the molecule is Cc1nc2c(s1)C1C=NN(Cc3cccc4c3cnn4COCC[Si](C)(C)C)C(=O)C1N2C. The maximum absolute atomic E-state index is 13.4. The summed E-state index contributed by atoms with van der Waals surface area (Å²) in [6, 6.07) is 6.94. The molecule has 1 amide bonds. The molecule has 3 aromatic rings. The lowest BCUT2D eigenvalue weighted by molar-refractivity contribution is -0.133. The van der Waals surface area contributed by atoms with E-state index in [-0.39, 0.29) is 17.9 Å². The van der Waals surface area contributed by atoms with Crippen LogP contribution < -0.4 is 4.90 Å². The zero-order valence-corrected chi connectivity index (χ0v) is 21.6. The summed E-state index contributed by atoms with van der Waals surface area (Å²) < 4.78 is 7.78. The Kier molecular flexibility index (Phi) is 5.62. The van der Waals surface area contributed by atoms with E-state index in [2.05, 4.69) is 34.8 Å². The van der Waals surface area contributed by atoms with Gasteiger partial charge in [-0.2, -0.15) is 10.2 Å². The summed E-state index contributed by atoms with van der Waals surface area (Å²) in [5, 5.41) is 12.7. The number of rotatable bonds is 7. The second kappa shape index (κ2) is 8.34. The van der Waals surface area contributed by atoms with Gasteiger partial charge in [-0.3, -0.25) is 4.79 Å². The Labute approximate surface area is 198 Å². The van der Waals surface area contributed by atoms with Crippen LogP contribution in [-0.2, 0) is 22.8 Å². The van der Waals surface area contributed by atoms with Crippen LogP contribution in [0.3, 0.4) is 0 Å². The number of hydrazone groups is 1. The third kappa shape index (κ3) is 4.11. The van der Waals surface area contributed by atoms with Crippen molar-refractivity contribution in [2.24, 2.45) is 5.10 Å². The van der Waals surface area contributed by atoms with Crippen molar-refractivity contribution in [2.45, 2.75) is 57.8 Å². The van der Waals surface area contributed by atoms with Crippen LogP contribution in [0.5, 0.6) is 0 Å². The first-order valence-electron chi connectivity index (χ1n) is 11.3.